The first-order valence-corrected chi connectivity index (χ1v) is 7.02. The zero-order valence-corrected chi connectivity index (χ0v) is 12.2. The SMILES string of the molecule is FC(F)(F)c1cc(NCCc2ccc(Cl)s2)nc(Cl)n1. The zero-order valence-electron chi connectivity index (χ0n) is 9.84. The molecule has 0 atom stereocenters. The van der Waals surface area contributed by atoms with Gasteiger partial charge in [0.25, 0.3) is 0 Å². The van der Waals surface area contributed by atoms with Crippen molar-refractivity contribution in [2.45, 2.75) is 12.6 Å². The van der Waals surface area contributed by atoms with Gasteiger partial charge in [-0.2, -0.15) is 13.2 Å². The van der Waals surface area contributed by atoms with Crippen LogP contribution >= 0.6 is 34.5 Å². The Kier molecular flexibility index (Phi) is 4.72. The number of anilines is 1. The molecule has 0 amide bonds. The fourth-order valence-corrected chi connectivity index (χ4v) is 2.72. The molecule has 1 N–H and O–H groups in total. The lowest BCUT2D eigenvalue weighted by molar-refractivity contribution is -0.141. The standard InChI is InChI=1S/C11H8Cl2F3N3S/c12-8-2-1-6(20-8)3-4-17-9-5-7(11(14,15)16)18-10(13)19-9/h1-2,5H,3-4H2,(H,17,18,19). The quantitative estimate of drug-likeness (QED) is 0.831. The summed E-state index contributed by atoms with van der Waals surface area (Å²) in [6.07, 6.45) is -3.93. The lowest BCUT2D eigenvalue weighted by atomic mass is 10.3. The molecule has 0 aliphatic rings. The summed E-state index contributed by atoms with van der Waals surface area (Å²) in [6, 6.07) is 4.46. The van der Waals surface area contributed by atoms with Crippen molar-refractivity contribution in [2.75, 3.05) is 11.9 Å². The van der Waals surface area contributed by atoms with E-state index in [0.29, 0.717) is 17.3 Å². The Hall–Kier alpha value is -1.05. The number of hydrogen-bond acceptors (Lipinski definition) is 4. The van der Waals surface area contributed by atoms with Crippen molar-refractivity contribution >= 4 is 40.4 Å². The normalized spacial score (nSPS) is 11.7. The molecule has 3 nitrogen and oxygen atoms in total. The third-order valence-corrected chi connectivity index (χ3v) is 3.76. The van der Waals surface area contributed by atoms with Gasteiger partial charge in [-0.15, -0.1) is 11.3 Å². The van der Waals surface area contributed by atoms with Crippen LogP contribution in [0.25, 0.3) is 0 Å². The van der Waals surface area contributed by atoms with Gasteiger partial charge < -0.3 is 5.32 Å². The van der Waals surface area contributed by atoms with Crippen molar-refractivity contribution in [3.63, 3.8) is 0 Å². The highest BCUT2D eigenvalue weighted by atomic mass is 35.5. The van der Waals surface area contributed by atoms with Crippen LogP contribution in [-0.4, -0.2) is 16.5 Å². The highest BCUT2D eigenvalue weighted by molar-refractivity contribution is 7.16. The molecular formula is C11H8Cl2F3N3S. The maximum atomic E-state index is 12.5. The summed E-state index contributed by atoms with van der Waals surface area (Å²) in [7, 11) is 0. The van der Waals surface area contributed by atoms with E-state index >= 15 is 0 Å². The predicted molar refractivity (Wildman–Crippen MR) is 73.6 cm³/mol. The molecule has 0 aromatic carbocycles. The average molecular weight is 342 g/mol. The first-order valence-electron chi connectivity index (χ1n) is 5.44. The van der Waals surface area contributed by atoms with Crippen molar-refractivity contribution in [2.24, 2.45) is 0 Å². The Morgan fingerprint density at radius 1 is 1.20 bits per heavy atom. The first kappa shape index (κ1) is 15.3. The monoisotopic (exact) mass is 341 g/mol. The van der Waals surface area contributed by atoms with Gasteiger partial charge >= 0.3 is 6.18 Å². The Labute approximate surface area is 126 Å². The van der Waals surface area contributed by atoms with Crippen LogP contribution in [0.1, 0.15) is 10.6 Å². The number of nitrogens with zero attached hydrogens (tertiary/aromatic N) is 2. The van der Waals surface area contributed by atoms with E-state index in [1.807, 2.05) is 6.07 Å². The minimum atomic E-state index is -4.55. The molecule has 0 spiro atoms. The van der Waals surface area contributed by atoms with Crippen LogP contribution in [-0.2, 0) is 12.6 Å². The van der Waals surface area contributed by atoms with Crippen LogP contribution in [0, 0.1) is 0 Å². The maximum absolute atomic E-state index is 12.5. The van der Waals surface area contributed by atoms with Crippen molar-refractivity contribution in [1.82, 2.24) is 9.97 Å². The third kappa shape index (κ3) is 4.22. The van der Waals surface area contributed by atoms with Crippen molar-refractivity contribution in [1.29, 1.82) is 0 Å². The molecule has 2 rings (SSSR count). The predicted octanol–water partition coefficient (Wildman–Crippen LogP) is 4.52. The number of rotatable bonds is 4. The van der Waals surface area contributed by atoms with E-state index in [1.54, 1.807) is 6.07 Å². The van der Waals surface area contributed by atoms with E-state index in [2.05, 4.69) is 15.3 Å². The minimum Gasteiger partial charge on any atom is -0.370 e. The van der Waals surface area contributed by atoms with Gasteiger partial charge in [0.1, 0.15) is 5.82 Å². The lowest BCUT2D eigenvalue weighted by Crippen LogP contribution is -2.12. The van der Waals surface area contributed by atoms with Gasteiger partial charge in [-0.3, -0.25) is 0 Å². The van der Waals surface area contributed by atoms with Gasteiger partial charge in [-0.05, 0) is 30.2 Å². The molecule has 9 heteroatoms. The van der Waals surface area contributed by atoms with Crippen molar-refractivity contribution in [3.05, 3.63) is 38.4 Å². The number of hydrogen-bond donors (Lipinski definition) is 1. The molecule has 0 unspecified atom stereocenters. The Morgan fingerprint density at radius 2 is 1.95 bits per heavy atom. The van der Waals surface area contributed by atoms with Crippen LogP contribution in [0.5, 0.6) is 0 Å². The van der Waals surface area contributed by atoms with E-state index in [1.165, 1.54) is 11.3 Å². The number of alkyl halides is 3. The van der Waals surface area contributed by atoms with Crippen molar-refractivity contribution < 1.29 is 13.2 Å². The molecule has 0 saturated heterocycles. The van der Waals surface area contributed by atoms with Crippen LogP contribution in [0.2, 0.25) is 9.62 Å². The number of nitrogens with one attached hydrogen (secondary N) is 1. The highest BCUT2D eigenvalue weighted by Crippen LogP contribution is 2.29. The molecule has 20 heavy (non-hydrogen) atoms. The van der Waals surface area contributed by atoms with Crippen LogP contribution in [0.15, 0.2) is 18.2 Å². The summed E-state index contributed by atoms with van der Waals surface area (Å²) < 4.78 is 38.3. The third-order valence-electron chi connectivity index (χ3n) is 2.30. The fraction of sp³-hybridized carbons (Fsp3) is 0.273. The van der Waals surface area contributed by atoms with E-state index in [4.69, 9.17) is 23.2 Å². The maximum Gasteiger partial charge on any atom is 0.433 e. The van der Waals surface area contributed by atoms with Gasteiger partial charge in [0.15, 0.2) is 5.69 Å². The lowest BCUT2D eigenvalue weighted by Gasteiger charge is -2.09. The van der Waals surface area contributed by atoms with Crippen LogP contribution in [0.4, 0.5) is 19.0 Å². The molecule has 0 bridgehead atoms. The van der Waals surface area contributed by atoms with E-state index in [9.17, 15) is 13.2 Å². The molecule has 0 aliphatic carbocycles. The van der Waals surface area contributed by atoms with Crippen LogP contribution < -0.4 is 5.32 Å². The second-order valence-electron chi connectivity index (χ2n) is 3.79. The van der Waals surface area contributed by atoms with Gasteiger partial charge in [-0.1, -0.05) is 11.6 Å². The van der Waals surface area contributed by atoms with Crippen molar-refractivity contribution in [3.8, 4) is 0 Å². The largest absolute Gasteiger partial charge is 0.433 e. The summed E-state index contributed by atoms with van der Waals surface area (Å²) in [5, 5.41) is 2.34. The summed E-state index contributed by atoms with van der Waals surface area (Å²) in [5.41, 5.74) is -1.07. The molecule has 0 radical (unpaired) electrons. The van der Waals surface area contributed by atoms with E-state index in [-0.39, 0.29) is 5.82 Å². The van der Waals surface area contributed by atoms with E-state index < -0.39 is 17.2 Å². The molecule has 0 fully saturated rings. The number of thiophene rings is 1. The summed E-state index contributed by atoms with van der Waals surface area (Å²) >= 11 is 12.7. The van der Waals surface area contributed by atoms with Gasteiger partial charge in [0.2, 0.25) is 5.28 Å². The molecule has 2 aromatic rings. The molecule has 0 saturated carbocycles. The molecule has 2 aromatic heterocycles. The Balaban J connectivity index is 2.00. The first-order chi connectivity index (χ1) is 9.34. The van der Waals surface area contributed by atoms with Crippen LogP contribution in [0.3, 0.4) is 0 Å². The second-order valence-corrected chi connectivity index (χ2v) is 5.93. The zero-order chi connectivity index (χ0) is 14.8. The number of aromatic nitrogens is 2. The van der Waals surface area contributed by atoms with Gasteiger partial charge in [0, 0.05) is 17.5 Å². The molecule has 0 aliphatic heterocycles. The fourth-order valence-electron chi connectivity index (χ4n) is 1.45. The highest BCUT2D eigenvalue weighted by Gasteiger charge is 2.33. The Morgan fingerprint density at radius 3 is 2.55 bits per heavy atom. The summed E-state index contributed by atoms with van der Waals surface area (Å²) in [6.45, 7) is 0.418. The molecular weight excluding hydrogens is 334 g/mol. The van der Waals surface area contributed by atoms with E-state index in [0.717, 1.165) is 10.9 Å². The second kappa shape index (κ2) is 6.15. The number of halogens is 5. The minimum absolute atomic E-state index is 0.0416. The Bertz CT molecular complexity index is 601. The van der Waals surface area contributed by atoms with Gasteiger partial charge in [-0.25, -0.2) is 9.97 Å². The summed E-state index contributed by atoms with van der Waals surface area (Å²) in [5.74, 6) is 0.0416. The molecule has 2 heterocycles. The molecule has 108 valence electrons. The smallest absolute Gasteiger partial charge is 0.370 e. The average Bonchev–Trinajstić information content (AvgIpc) is 2.73. The summed E-state index contributed by atoms with van der Waals surface area (Å²) in [4.78, 5) is 7.88. The van der Waals surface area contributed by atoms with Gasteiger partial charge in [0.05, 0.1) is 4.34 Å². The topological polar surface area (TPSA) is 37.8 Å².